The summed E-state index contributed by atoms with van der Waals surface area (Å²) in [7, 11) is 0. The lowest BCUT2D eigenvalue weighted by molar-refractivity contribution is -0.123. The van der Waals surface area contributed by atoms with Crippen LogP contribution in [0.1, 0.15) is 41.5 Å². The van der Waals surface area contributed by atoms with Gasteiger partial charge in [-0.3, -0.25) is 4.79 Å². The maximum absolute atomic E-state index is 10.8. The molecule has 72 valence electrons. The quantitative estimate of drug-likeness (QED) is 0.584. The minimum atomic E-state index is -0.0605. The van der Waals surface area contributed by atoms with Gasteiger partial charge in [-0.1, -0.05) is 20.8 Å². The largest absolute Gasteiger partial charge is 0.340 e. The molecule has 1 amide bonds. The maximum atomic E-state index is 10.8. The van der Waals surface area contributed by atoms with Crippen LogP contribution >= 0.6 is 0 Å². The van der Waals surface area contributed by atoms with Crippen molar-refractivity contribution >= 4 is 6.41 Å². The summed E-state index contributed by atoms with van der Waals surface area (Å²) in [5, 5.41) is 0. The van der Waals surface area contributed by atoms with Crippen LogP contribution < -0.4 is 0 Å². The molecule has 0 unspecified atom stereocenters. The molecule has 2 heteroatoms. The summed E-state index contributed by atoms with van der Waals surface area (Å²) in [6.07, 6.45) is 0.936. The van der Waals surface area contributed by atoms with Gasteiger partial charge in [0, 0.05) is 12.1 Å². The highest BCUT2D eigenvalue weighted by atomic mass is 16.1. The molecule has 0 saturated heterocycles. The van der Waals surface area contributed by atoms with Crippen molar-refractivity contribution in [2.45, 2.75) is 47.1 Å². The summed E-state index contributed by atoms with van der Waals surface area (Å²) < 4.78 is 0. The highest BCUT2D eigenvalue weighted by molar-refractivity contribution is 5.48. The molecule has 0 heterocycles. The summed E-state index contributed by atoms with van der Waals surface area (Å²) in [6, 6.07) is 0. The van der Waals surface area contributed by atoms with Gasteiger partial charge in [0.05, 0.1) is 0 Å². The van der Waals surface area contributed by atoms with Gasteiger partial charge < -0.3 is 4.90 Å². The lowest BCUT2D eigenvalue weighted by Crippen LogP contribution is -2.44. The SMILES string of the molecule is CC(C)(C)CN(C=O)C(C)(C)C. The Kier molecular flexibility index (Phi) is 3.31. The zero-order valence-corrected chi connectivity index (χ0v) is 9.14. The average molecular weight is 171 g/mol. The van der Waals surface area contributed by atoms with Crippen molar-refractivity contribution in [3.05, 3.63) is 0 Å². The predicted octanol–water partition coefficient (Wildman–Crippen LogP) is 2.29. The van der Waals surface area contributed by atoms with Gasteiger partial charge >= 0.3 is 0 Å². The van der Waals surface area contributed by atoms with E-state index in [2.05, 4.69) is 20.8 Å². The second-order valence-corrected chi connectivity index (χ2v) is 5.46. The van der Waals surface area contributed by atoms with E-state index in [9.17, 15) is 4.79 Å². The molecule has 0 spiro atoms. The Labute approximate surface area is 75.9 Å². The van der Waals surface area contributed by atoms with Crippen LogP contribution in [0.3, 0.4) is 0 Å². The minimum Gasteiger partial charge on any atom is -0.340 e. The number of nitrogens with zero attached hydrogens (tertiary/aromatic N) is 1. The van der Waals surface area contributed by atoms with Crippen LogP contribution in [0.15, 0.2) is 0 Å². The third kappa shape index (κ3) is 4.37. The molecule has 0 aromatic carbocycles. The molecule has 0 aliphatic carbocycles. The molecular weight excluding hydrogens is 150 g/mol. The fraction of sp³-hybridized carbons (Fsp3) is 0.900. The van der Waals surface area contributed by atoms with Crippen molar-refractivity contribution in [2.75, 3.05) is 6.54 Å². The van der Waals surface area contributed by atoms with Crippen molar-refractivity contribution in [3.63, 3.8) is 0 Å². The van der Waals surface area contributed by atoms with Gasteiger partial charge in [0.2, 0.25) is 6.41 Å². The number of carbonyl (C=O) groups excluding carboxylic acids is 1. The third-order valence-electron chi connectivity index (χ3n) is 1.63. The molecule has 0 fully saturated rings. The molecule has 12 heavy (non-hydrogen) atoms. The number of amides is 1. The van der Waals surface area contributed by atoms with E-state index in [0.717, 1.165) is 13.0 Å². The standard InChI is InChI=1S/C10H21NO/c1-9(2,3)7-11(8-12)10(4,5)6/h8H,7H2,1-6H3. The van der Waals surface area contributed by atoms with Gasteiger partial charge in [-0.25, -0.2) is 0 Å². The van der Waals surface area contributed by atoms with Crippen LogP contribution in [0.25, 0.3) is 0 Å². The Hall–Kier alpha value is -0.530. The fourth-order valence-corrected chi connectivity index (χ4v) is 0.944. The van der Waals surface area contributed by atoms with Gasteiger partial charge in [-0.05, 0) is 26.2 Å². The van der Waals surface area contributed by atoms with Crippen LogP contribution in [0.4, 0.5) is 0 Å². The first-order valence-corrected chi connectivity index (χ1v) is 4.39. The molecular formula is C10H21NO. The van der Waals surface area contributed by atoms with Crippen LogP contribution in [-0.2, 0) is 4.79 Å². The normalized spacial score (nSPS) is 12.8. The summed E-state index contributed by atoms with van der Waals surface area (Å²) in [4.78, 5) is 12.6. The fourth-order valence-electron chi connectivity index (χ4n) is 0.944. The molecule has 0 aromatic rings. The average Bonchev–Trinajstić information content (AvgIpc) is 1.78. The highest BCUT2D eigenvalue weighted by Crippen LogP contribution is 2.20. The lowest BCUT2D eigenvalue weighted by atomic mass is 9.93. The van der Waals surface area contributed by atoms with Gasteiger partial charge in [-0.2, -0.15) is 0 Å². The highest BCUT2D eigenvalue weighted by Gasteiger charge is 2.24. The molecule has 0 radical (unpaired) electrons. The first-order valence-electron chi connectivity index (χ1n) is 4.39. The van der Waals surface area contributed by atoms with Gasteiger partial charge in [0.1, 0.15) is 0 Å². The second-order valence-electron chi connectivity index (χ2n) is 5.46. The van der Waals surface area contributed by atoms with Gasteiger partial charge in [0.25, 0.3) is 0 Å². The number of hydrogen-bond donors (Lipinski definition) is 0. The maximum Gasteiger partial charge on any atom is 0.210 e. The topological polar surface area (TPSA) is 20.3 Å². The zero-order chi connectivity index (χ0) is 9.99. The monoisotopic (exact) mass is 171 g/mol. The van der Waals surface area contributed by atoms with E-state index in [-0.39, 0.29) is 11.0 Å². The molecule has 0 N–H and O–H groups in total. The van der Waals surface area contributed by atoms with Crippen molar-refractivity contribution < 1.29 is 4.79 Å². The summed E-state index contributed by atoms with van der Waals surface area (Å²) >= 11 is 0. The van der Waals surface area contributed by atoms with E-state index < -0.39 is 0 Å². The molecule has 0 atom stereocenters. The Morgan fingerprint density at radius 1 is 1.08 bits per heavy atom. The number of carbonyl (C=O) groups is 1. The molecule has 0 bridgehead atoms. The number of hydrogen-bond acceptors (Lipinski definition) is 1. The van der Waals surface area contributed by atoms with E-state index in [1.54, 1.807) is 0 Å². The van der Waals surface area contributed by atoms with Crippen LogP contribution in [0.5, 0.6) is 0 Å². The van der Waals surface area contributed by atoms with Crippen LogP contribution in [0, 0.1) is 5.41 Å². The number of rotatable bonds is 2. The Morgan fingerprint density at radius 2 is 1.50 bits per heavy atom. The summed E-state index contributed by atoms with van der Waals surface area (Å²) in [5.74, 6) is 0. The third-order valence-corrected chi connectivity index (χ3v) is 1.63. The van der Waals surface area contributed by atoms with Crippen LogP contribution in [0.2, 0.25) is 0 Å². The minimum absolute atomic E-state index is 0.0605. The Bertz CT molecular complexity index is 150. The first kappa shape index (κ1) is 11.5. The molecule has 0 aliphatic heterocycles. The molecule has 0 rings (SSSR count). The summed E-state index contributed by atoms with van der Waals surface area (Å²) in [5.41, 5.74) is 0.114. The van der Waals surface area contributed by atoms with Gasteiger partial charge in [0.15, 0.2) is 0 Å². The van der Waals surface area contributed by atoms with Crippen molar-refractivity contribution in [2.24, 2.45) is 5.41 Å². The van der Waals surface area contributed by atoms with Crippen molar-refractivity contribution in [1.29, 1.82) is 0 Å². The van der Waals surface area contributed by atoms with E-state index in [1.165, 1.54) is 0 Å². The predicted molar refractivity (Wildman–Crippen MR) is 52.0 cm³/mol. The molecule has 0 aliphatic rings. The zero-order valence-electron chi connectivity index (χ0n) is 9.14. The van der Waals surface area contributed by atoms with Crippen molar-refractivity contribution in [3.8, 4) is 0 Å². The smallest absolute Gasteiger partial charge is 0.210 e. The molecule has 0 aromatic heterocycles. The van der Waals surface area contributed by atoms with Crippen molar-refractivity contribution in [1.82, 2.24) is 4.90 Å². The van der Waals surface area contributed by atoms with E-state index >= 15 is 0 Å². The molecule has 2 nitrogen and oxygen atoms in total. The second kappa shape index (κ2) is 3.46. The Balaban J connectivity index is 4.30. The van der Waals surface area contributed by atoms with E-state index in [4.69, 9.17) is 0 Å². The molecule has 0 saturated carbocycles. The van der Waals surface area contributed by atoms with Gasteiger partial charge in [-0.15, -0.1) is 0 Å². The van der Waals surface area contributed by atoms with Crippen LogP contribution in [-0.4, -0.2) is 23.4 Å². The first-order chi connectivity index (χ1) is 5.17. The summed E-state index contributed by atoms with van der Waals surface area (Å²) in [6.45, 7) is 13.4. The Morgan fingerprint density at radius 3 is 1.58 bits per heavy atom. The van der Waals surface area contributed by atoms with E-state index in [1.807, 2.05) is 25.7 Å². The van der Waals surface area contributed by atoms with E-state index in [0.29, 0.717) is 0 Å². The lowest BCUT2D eigenvalue weighted by Gasteiger charge is -2.36.